The molecular formula is C13H22ClN3O. The van der Waals surface area contributed by atoms with Crippen LogP contribution in [-0.4, -0.2) is 29.5 Å². The lowest BCUT2D eigenvalue weighted by Crippen LogP contribution is -2.23. The van der Waals surface area contributed by atoms with Crippen LogP contribution in [0.2, 0.25) is 0 Å². The highest BCUT2D eigenvalue weighted by Crippen LogP contribution is 2.23. The minimum atomic E-state index is 0.195. The lowest BCUT2D eigenvalue weighted by atomic mass is 9.88. The van der Waals surface area contributed by atoms with Gasteiger partial charge in [-0.2, -0.15) is 4.98 Å². The zero-order chi connectivity index (χ0) is 13.6. The molecule has 0 bridgehead atoms. The average molecular weight is 272 g/mol. The van der Waals surface area contributed by atoms with Gasteiger partial charge in [-0.15, -0.1) is 11.6 Å². The quantitative estimate of drug-likeness (QED) is 0.774. The second-order valence-corrected chi connectivity index (χ2v) is 5.53. The van der Waals surface area contributed by atoms with Crippen molar-refractivity contribution >= 4 is 17.4 Å². The molecule has 0 atom stereocenters. The van der Waals surface area contributed by atoms with E-state index in [1.807, 2.05) is 13.0 Å². The van der Waals surface area contributed by atoms with Crippen LogP contribution in [0.1, 0.15) is 32.5 Å². The summed E-state index contributed by atoms with van der Waals surface area (Å²) in [6.07, 6.45) is 2.12. The summed E-state index contributed by atoms with van der Waals surface area (Å²) in [7, 11) is 1.61. The van der Waals surface area contributed by atoms with Crippen LogP contribution in [0, 0.1) is 12.3 Å². The van der Waals surface area contributed by atoms with Gasteiger partial charge < -0.3 is 10.1 Å². The lowest BCUT2D eigenvalue weighted by Gasteiger charge is -2.25. The van der Waals surface area contributed by atoms with Crippen molar-refractivity contribution in [3.63, 3.8) is 0 Å². The Labute approximate surface area is 114 Å². The Balaban J connectivity index is 2.59. The molecule has 1 N–H and O–H groups in total. The second kappa shape index (κ2) is 6.78. The maximum Gasteiger partial charge on any atom is 0.218 e. The number of anilines is 1. The Kier molecular flexibility index (Phi) is 5.66. The molecule has 0 spiro atoms. The summed E-state index contributed by atoms with van der Waals surface area (Å²) in [5.41, 5.74) is 0.195. The first-order valence-corrected chi connectivity index (χ1v) is 6.70. The first-order valence-electron chi connectivity index (χ1n) is 6.16. The van der Waals surface area contributed by atoms with E-state index in [0.29, 0.717) is 17.6 Å². The predicted octanol–water partition coefficient (Wildman–Crippen LogP) is 3.25. The Morgan fingerprint density at radius 3 is 2.72 bits per heavy atom. The predicted molar refractivity (Wildman–Crippen MR) is 75.5 cm³/mol. The summed E-state index contributed by atoms with van der Waals surface area (Å²) < 4.78 is 5.12. The van der Waals surface area contributed by atoms with E-state index in [9.17, 15) is 0 Å². The van der Waals surface area contributed by atoms with E-state index in [1.54, 1.807) is 7.11 Å². The van der Waals surface area contributed by atoms with Crippen LogP contribution in [0.4, 0.5) is 5.82 Å². The summed E-state index contributed by atoms with van der Waals surface area (Å²) in [6, 6.07) is 1.81. The van der Waals surface area contributed by atoms with Gasteiger partial charge in [0.15, 0.2) is 0 Å². The van der Waals surface area contributed by atoms with Crippen molar-refractivity contribution in [2.24, 2.45) is 5.41 Å². The first kappa shape index (κ1) is 15.0. The number of aryl methyl sites for hydroxylation is 1. The highest BCUT2D eigenvalue weighted by atomic mass is 35.5. The molecule has 0 aliphatic rings. The van der Waals surface area contributed by atoms with Gasteiger partial charge >= 0.3 is 0 Å². The Hall–Kier alpha value is -1.03. The Morgan fingerprint density at radius 1 is 1.39 bits per heavy atom. The van der Waals surface area contributed by atoms with Gasteiger partial charge in [0.1, 0.15) is 11.6 Å². The molecule has 0 aliphatic carbocycles. The van der Waals surface area contributed by atoms with Gasteiger partial charge in [-0.05, 0) is 25.2 Å². The number of hydrogen-bond donors (Lipinski definition) is 1. The molecule has 18 heavy (non-hydrogen) atoms. The van der Waals surface area contributed by atoms with Crippen molar-refractivity contribution in [2.45, 2.75) is 33.6 Å². The molecule has 4 nitrogen and oxygen atoms in total. The largest absolute Gasteiger partial charge is 0.481 e. The molecule has 0 saturated carbocycles. The summed E-state index contributed by atoms with van der Waals surface area (Å²) in [5, 5.41) is 3.34. The molecule has 5 heteroatoms. The molecule has 0 saturated heterocycles. The van der Waals surface area contributed by atoms with Crippen molar-refractivity contribution in [3.8, 4) is 5.88 Å². The van der Waals surface area contributed by atoms with Crippen LogP contribution in [0.3, 0.4) is 0 Å². The average Bonchev–Trinajstić information content (AvgIpc) is 2.33. The van der Waals surface area contributed by atoms with Crippen molar-refractivity contribution in [1.29, 1.82) is 0 Å². The third-order valence-electron chi connectivity index (χ3n) is 2.76. The highest BCUT2D eigenvalue weighted by molar-refractivity contribution is 6.17. The van der Waals surface area contributed by atoms with E-state index in [-0.39, 0.29) is 5.41 Å². The first-order chi connectivity index (χ1) is 8.46. The number of rotatable bonds is 7. The Bertz CT molecular complexity index is 382. The third kappa shape index (κ3) is 5.08. The minimum absolute atomic E-state index is 0.195. The van der Waals surface area contributed by atoms with Gasteiger partial charge in [0.05, 0.1) is 7.11 Å². The molecule has 1 aromatic heterocycles. The zero-order valence-electron chi connectivity index (χ0n) is 11.6. The smallest absolute Gasteiger partial charge is 0.218 e. The fourth-order valence-electron chi connectivity index (χ4n) is 1.70. The van der Waals surface area contributed by atoms with Gasteiger partial charge in [0.25, 0.3) is 0 Å². The number of alkyl halides is 1. The molecule has 1 rings (SSSR count). The molecule has 0 unspecified atom stereocenters. The van der Waals surface area contributed by atoms with E-state index < -0.39 is 0 Å². The van der Waals surface area contributed by atoms with Gasteiger partial charge in [-0.3, -0.25) is 0 Å². The topological polar surface area (TPSA) is 47.0 Å². The molecule has 0 aromatic carbocycles. The summed E-state index contributed by atoms with van der Waals surface area (Å²) in [6.45, 7) is 7.14. The molecule has 1 aromatic rings. The number of methoxy groups -OCH3 is 1. The molecular weight excluding hydrogens is 250 g/mol. The number of nitrogens with zero attached hydrogens (tertiary/aromatic N) is 2. The van der Waals surface area contributed by atoms with Crippen molar-refractivity contribution in [3.05, 3.63) is 11.9 Å². The Morgan fingerprint density at radius 2 is 2.11 bits per heavy atom. The molecule has 0 amide bonds. The highest BCUT2D eigenvalue weighted by Gasteiger charge is 2.17. The molecule has 102 valence electrons. The standard InChI is InChI=1S/C13H22ClN3O/c1-10-16-11(8-12(17-10)18-4)15-9-13(2,3)6-5-7-14/h8H,5-7,9H2,1-4H3,(H,15,16,17). The van der Waals surface area contributed by atoms with Crippen LogP contribution in [-0.2, 0) is 0 Å². The molecule has 1 heterocycles. The zero-order valence-corrected chi connectivity index (χ0v) is 12.3. The fraction of sp³-hybridized carbons (Fsp3) is 0.692. The van der Waals surface area contributed by atoms with Crippen molar-refractivity contribution in [1.82, 2.24) is 9.97 Å². The number of nitrogens with one attached hydrogen (secondary N) is 1. The van der Waals surface area contributed by atoms with E-state index in [0.717, 1.165) is 25.2 Å². The summed E-state index contributed by atoms with van der Waals surface area (Å²) in [4.78, 5) is 8.49. The normalized spacial score (nSPS) is 11.4. The van der Waals surface area contributed by atoms with Crippen LogP contribution in [0.5, 0.6) is 5.88 Å². The van der Waals surface area contributed by atoms with Crippen LogP contribution in [0.25, 0.3) is 0 Å². The van der Waals surface area contributed by atoms with E-state index >= 15 is 0 Å². The fourth-order valence-corrected chi connectivity index (χ4v) is 1.83. The maximum atomic E-state index is 5.73. The monoisotopic (exact) mass is 271 g/mol. The summed E-state index contributed by atoms with van der Waals surface area (Å²) in [5.74, 6) is 2.81. The molecule has 0 aliphatic heterocycles. The van der Waals surface area contributed by atoms with Crippen LogP contribution >= 0.6 is 11.6 Å². The van der Waals surface area contributed by atoms with E-state index in [1.165, 1.54) is 0 Å². The SMILES string of the molecule is COc1cc(NCC(C)(C)CCCCl)nc(C)n1. The number of ether oxygens (including phenoxy) is 1. The molecule has 0 radical (unpaired) electrons. The molecule has 0 fully saturated rings. The van der Waals surface area contributed by atoms with Gasteiger partial charge in [0, 0.05) is 18.5 Å². The van der Waals surface area contributed by atoms with E-state index in [2.05, 4.69) is 29.1 Å². The summed E-state index contributed by atoms with van der Waals surface area (Å²) >= 11 is 5.73. The number of hydrogen-bond acceptors (Lipinski definition) is 4. The van der Waals surface area contributed by atoms with E-state index in [4.69, 9.17) is 16.3 Å². The second-order valence-electron chi connectivity index (χ2n) is 5.15. The number of halogens is 1. The number of aromatic nitrogens is 2. The lowest BCUT2D eigenvalue weighted by molar-refractivity contribution is 0.354. The van der Waals surface area contributed by atoms with Crippen molar-refractivity contribution in [2.75, 3.05) is 24.9 Å². The van der Waals surface area contributed by atoms with Gasteiger partial charge in [-0.25, -0.2) is 4.98 Å². The van der Waals surface area contributed by atoms with Crippen molar-refractivity contribution < 1.29 is 4.74 Å². The third-order valence-corrected chi connectivity index (χ3v) is 3.03. The van der Waals surface area contributed by atoms with Gasteiger partial charge in [-0.1, -0.05) is 13.8 Å². The maximum absolute atomic E-state index is 5.73. The minimum Gasteiger partial charge on any atom is -0.481 e. The van der Waals surface area contributed by atoms with Crippen LogP contribution < -0.4 is 10.1 Å². The van der Waals surface area contributed by atoms with Crippen LogP contribution in [0.15, 0.2) is 6.07 Å². The van der Waals surface area contributed by atoms with Gasteiger partial charge in [0.2, 0.25) is 5.88 Å².